The number of hydrogen-bond donors (Lipinski definition) is 2. The van der Waals surface area contributed by atoms with Crippen molar-refractivity contribution in [2.75, 3.05) is 36.7 Å². The lowest BCUT2D eigenvalue weighted by atomic mass is 10.2. The minimum absolute atomic E-state index is 0.335. The van der Waals surface area contributed by atoms with E-state index in [0.717, 1.165) is 0 Å². The normalized spacial score (nSPS) is 10.1. The Kier molecular flexibility index (Phi) is 4.77. The third kappa shape index (κ3) is 3.43. The van der Waals surface area contributed by atoms with Gasteiger partial charge in [0.15, 0.2) is 11.6 Å². The molecular formula is C15H19N5O2. The first-order valence-electron chi connectivity index (χ1n) is 6.85. The highest BCUT2D eigenvalue weighted by atomic mass is 16.5. The third-order valence-electron chi connectivity index (χ3n) is 2.92. The van der Waals surface area contributed by atoms with E-state index < -0.39 is 0 Å². The predicted molar refractivity (Wildman–Crippen MR) is 86.5 cm³/mol. The summed E-state index contributed by atoms with van der Waals surface area (Å²) in [6.07, 6.45) is 1.43. The molecule has 0 saturated carbocycles. The second-order valence-corrected chi connectivity index (χ2v) is 4.78. The van der Waals surface area contributed by atoms with Crippen LogP contribution in [0.5, 0.6) is 0 Å². The van der Waals surface area contributed by atoms with Gasteiger partial charge in [0.25, 0.3) is 0 Å². The van der Waals surface area contributed by atoms with E-state index in [1.54, 1.807) is 30.0 Å². The van der Waals surface area contributed by atoms with Crippen molar-refractivity contribution >= 4 is 29.0 Å². The molecule has 0 aliphatic carbocycles. The van der Waals surface area contributed by atoms with Crippen molar-refractivity contribution in [2.45, 2.75) is 6.92 Å². The molecule has 0 spiro atoms. The Bertz CT molecular complexity index is 673. The number of benzene rings is 1. The maximum Gasteiger partial charge on any atom is 0.338 e. The summed E-state index contributed by atoms with van der Waals surface area (Å²) in [5.41, 5.74) is 7.66. The number of carbonyl (C=O) groups excluding carboxylic acids is 1. The largest absolute Gasteiger partial charge is 0.462 e. The van der Waals surface area contributed by atoms with Gasteiger partial charge in [-0.2, -0.15) is 0 Å². The zero-order valence-electron chi connectivity index (χ0n) is 12.8. The molecule has 0 aliphatic rings. The molecule has 22 heavy (non-hydrogen) atoms. The number of nitrogens with one attached hydrogen (secondary N) is 1. The van der Waals surface area contributed by atoms with Gasteiger partial charge >= 0.3 is 5.97 Å². The molecule has 1 aromatic carbocycles. The van der Waals surface area contributed by atoms with Crippen LogP contribution < -0.4 is 16.0 Å². The van der Waals surface area contributed by atoms with E-state index in [4.69, 9.17) is 10.5 Å². The van der Waals surface area contributed by atoms with Crippen molar-refractivity contribution in [1.29, 1.82) is 0 Å². The van der Waals surface area contributed by atoms with E-state index in [0.29, 0.717) is 35.2 Å². The Labute approximate surface area is 129 Å². The zero-order chi connectivity index (χ0) is 16.1. The topological polar surface area (TPSA) is 93.4 Å². The summed E-state index contributed by atoms with van der Waals surface area (Å²) in [6, 6.07) is 6.96. The minimum Gasteiger partial charge on any atom is -0.462 e. The Morgan fingerprint density at radius 2 is 2.14 bits per heavy atom. The van der Waals surface area contributed by atoms with Gasteiger partial charge < -0.3 is 20.7 Å². The van der Waals surface area contributed by atoms with Gasteiger partial charge in [-0.3, -0.25) is 0 Å². The van der Waals surface area contributed by atoms with Gasteiger partial charge in [0, 0.05) is 19.8 Å². The van der Waals surface area contributed by atoms with Crippen molar-refractivity contribution in [3.63, 3.8) is 0 Å². The van der Waals surface area contributed by atoms with Crippen molar-refractivity contribution in [3.05, 3.63) is 36.2 Å². The van der Waals surface area contributed by atoms with Gasteiger partial charge in [0.1, 0.15) is 12.0 Å². The lowest BCUT2D eigenvalue weighted by molar-refractivity contribution is 0.0526. The lowest BCUT2D eigenvalue weighted by Gasteiger charge is -2.16. The van der Waals surface area contributed by atoms with E-state index in [9.17, 15) is 4.79 Å². The Balaban J connectivity index is 2.26. The molecule has 3 N–H and O–H groups in total. The van der Waals surface area contributed by atoms with E-state index in [1.807, 2.05) is 20.2 Å². The lowest BCUT2D eigenvalue weighted by Crippen LogP contribution is -2.14. The molecule has 0 radical (unpaired) electrons. The molecule has 2 rings (SSSR count). The fourth-order valence-corrected chi connectivity index (χ4v) is 1.92. The summed E-state index contributed by atoms with van der Waals surface area (Å²) < 4.78 is 4.98. The summed E-state index contributed by atoms with van der Waals surface area (Å²) in [4.78, 5) is 21.8. The Hall–Kier alpha value is -2.83. The number of ether oxygens (including phenoxy) is 1. The first-order chi connectivity index (χ1) is 10.5. The molecule has 1 aromatic heterocycles. The predicted octanol–water partition coefficient (Wildman–Crippen LogP) is 2.05. The Morgan fingerprint density at radius 1 is 1.36 bits per heavy atom. The number of nitrogens with two attached hydrogens (primary N) is 1. The van der Waals surface area contributed by atoms with Gasteiger partial charge in [-0.25, -0.2) is 14.8 Å². The average Bonchev–Trinajstić information content (AvgIpc) is 2.49. The first-order valence-corrected chi connectivity index (χ1v) is 6.85. The fourth-order valence-electron chi connectivity index (χ4n) is 1.92. The molecule has 7 heteroatoms. The van der Waals surface area contributed by atoms with E-state index in [1.165, 1.54) is 6.33 Å². The van der Waals surface area contributed by atoms with E-state index >= 15 is 0 Å². The quantitative estimate of drug-likeness (QED) is 0.816. The maximum atomic E-state index is 11.8. The van der Waals surface area contributed by atoms with Crippen LogP contribution in [0.1, 0.15) is 17.3 Å². The van der Waals surface area contributed by atoms with Gasteiger partial charge in [0.05, 0.1) is 12.2 Å². The Morgan fingerprint density at radius 3 is 2.82 bits per heavy atom. The second kappa shape index (κ2) is 6.75. The van der Waals surface area contributed by atoms with Crippen molar-refractivity contribution in [1.82, 2.24) is 9.97 Å². The van der Waals surface area contributed by atoms with E-state index in [-0.39, 0.29) is 5.97 Å². The number of anilines is 4. The molecule has 0 amide bonds. The molecule has 1 heterocycles. The first kappa shape index (κ1) is 15.6. The van der Waals surface area contributed by atoms with Gasteiger partial charge in [-0.1, -0.05) is 6.07 Å². The molecule has 2 aromatic rings. The maximum absolute atomic E-state index is 11.8. The van der Waals surface area contributed by atoms with Crippen molar-refractivity contribution in [3.8, 4) is 0 Å². The summed E-state index contributed by atoms with van der Waals surface area (Å²) >= 11 is 0. The molecule has 0 atom stereocenters. The summed E-state index contributed by atoms with van der Waals surface area (Å²) in [5.74, 6) is 0.745. The van der Waals surface area contributed by atoms with Crippen LogP contribution in [-0.2, 0) is 4.74 Å². The number of carbonyl (C=O) groups is 1. The number of nitrogen functional groups attached to an aromatic ring is 1. The molecule has 0 bridgehead atoms. The third-order valence-corrected chi connectivity index (χ3v) is 2.92. The fraction of sp³-hybridized carbons (Fsp3) is 0.267. The van der Waals surface area contributed by atoms with Gasteiger partial charge in [-0.05, 0) is 25.1 Å². The molecular weight excluding hydrogens is 282 g/mol. The molecule has 0 aliphatic heterocycles. The SMILES string of the molecule is CCOC(=O)c1cccc(Nc2ncnc(N(C)C)c2N)c1. The van der Waals surface area contributed by atoms with Crippen molar-refractivity contribution < 1.29 is 9.53 Å². The average molecular weight is 301 g/mol. The molecule has 0 fully saturated rings. The highest BCUT2D eigenvalue weighted by Crippen LogP contribution is 2.27. The summed E-state index contributed by atoms with van der Waals surface area (Å²) in [7, 11) is 3.70. The number of hydrogen-bond acceptors (Lipinski definition) is 7. The summed E-state index contributed by atoms with van der Waals surface area (Å²) in [5, 5.41) is 3.09. The van der Waals surface area contributed by atoms with Crippen LogP contribution in [0.4, 0.5) is 23.0 Å². The standard InChI is InChI=1S/C15H19N5O2/c1-4-22-15(21)10-6-5-7-11(8-10)19-13-12(16)14(20(2)3)18-9-17-13/h5-9H,4,16H2,1-3H3,(H,17,18,19). The van der Waals surface area contributed by atoms with Crippen molar-refractivity contribution in [2.24, 2.45) is 0 Å². The van der Waals surface area contributed by atoms with Crippen LogP contribution in [0.15, 0.2) is 30.6 Å². The number of esters is 1. The van der Waals surface area contributed by atoms with Crippen LogP contribution in [0, 0.1) is 0 Å². The van der Waals surface area contributed by atoms with Crippen LogP contribution >= 0.6 is 0 Å². The smallest absolute Gasteiger partial charge is 0.338 e. The molecule has 0 saturated heterocycles. The molecule has 7 nitrogen and oxygen atoms in total. The second-order valence-electron chi connectivity index (χ2n) is 4.78. The summed E-state index contributed by atoms with van der Waals surface area (Å²) in [6.45, 7) is 2.10. The number of rotatable bonds is 5. The number of aromatic nitrogens is 2. The van der Waals surface area contributed by atoms with Gasteiger partial charge in [0.2, 0.25) is 0 Å². The van der Waals surface area contributed by atoms with Gasteiger partial charge in [-0.15, -0.1) is 0 Å². The monoisotopic (exact) mass is 301 g/mol. The van der Waals surface area contributed by atoms with Crippen LogP contribution in [0.2, 0.25) is 0 Å². The highest BCUT2D eigenvalue weighted by molar-refractivity contribution is 5.91. The highest BCUT2D eigenvalue weighted by Gasteiger charge is 2.11. The molecule has 0 unspecified atom stereocenters. The zero-order valence-corrected chi connectivity index (χ0v) is 12.8. The molecule has 116 valence electrons. The van der Waals surface area contributed by atoms with Crippen LogP contribution in [0.25, 0.3) is 0 Å². The minimum atomic E-state index is -0.365. The van der Waals surface area contributed by atoms with Crippen LogP contribution in [0.3, 0.4) is 0 Å². The van der Waals surface area contributed by atoms with E-state index in [2.05, 4.69) is 15.3 Å². The van der Waals surface area contributed by atoms with Crippen LogP contribution in [-0.4, -0.2) is 36.6 Å². The number of nitrogens with zero attached hydrogens (tertiary/aromatic N) is 3.